The Labute approximate surface area is 160 Å². The minimum absolute atomic E-state index is 0.0137. The minimum Gasteiger partial charge on any atom is -0.493 e. The van der Waals surface area contributed by atoms with E-state index < -0.39 is 6.04 Å². The van der Waals surface area contributed by atoms with Gasteiger partial charge in [-0.05, 0) is 38.8 Å². The van der Waals surface area contributed by atoms with Crippen LogP contribution >= 0.6 is 0 Å². The fourth-order valence-electron chi connectivity index (χ4n) is 3.07. The number of benzene rings is 1. The van der Waals surface area contributed by atoms with Crippen molar-refractivity contribution >= 4 is 17.7 Å². The van der Waals surface area contributed by atoms with Gasteiger partial charge in [0.1, 0.15) is 11.8 Å². The molecule has 2 unspecified atom stereocenters. The number of nitrogens with zero attached hydrogens (tertiary/aromatic N) is 1. The quantitative estimate of drug-likeness (QED) is 0.718. The molecule has 1 aliphatic heterocycles. The van der Waals surface area contributed by atoms with Crippen molar-refractivity contribution in [3.05, 3.63) is 30.3 Å². The molecular formula is C20H29N3O4. The number of para-hydroxylation sites is 1. The average Bonchev–Trinajstić information content (AvgIpc) is 2.69. The second-order valence-corrected chi connectivity index (χ2v) is 6.72. The lowest BCUT2D eigenvalue weighted by molar-refractivity contribution is -0.137. The lowest BCUT2D eigenvalue weighted by atomic mass is 9.96. The summed E-state index contributed by atoms with van der Waals surface area (Å²) < 4.78 is 5.57. The maximum Gasteiger partial charge on any atom is 0.242 e. The first kappa shape index (κ1) is 20.7. The molecule has 1 aliphatic rings. The van der Waals surface area contributed by atoms with E-state index in [0.717, 1.165) is 18.6 Å². The number of ether oxygens (including phenoxy) is 1. The monoisotopic (exact) mass is 375 g/mol. The Balaban J connectivity index is 1.77. The molecular weight excluding hydrogens is 346 g/mol. The zero-order valence-corrected chi connectivity index (χ0v) is 16.1. The number of hydrogen-bond donors (Lipinski definition) is 2. The molecule has 1 aromatic rings. The number of piperidine rings is 1. The van der Waals surface area contributed by atoms with E-state index >= 15 is 0 Å². The van der Waals surface area contributed by atoms with E-state index in [1.165, 1.54) is 0 Å². The summed E-state index contributed by atoms with van der Waals surface area (Å²) in [5.74, 6) is 0.0646. The number of likely N-dealkylation sites (tertiary alicyclic amines) is 1. The number of nitrogens with one attached hydrogen (secondary N) is 2. The number of carbonyl (C=O) groups is 3. The summed E-state index contributed by atoms with van der Waals surface area (Å²) in [6, 6.07) is 8.79. The number of rotatable bonds is 8. The molecule has 1 heterocycles. The third kappa shape index (κ3) is 6.58. The van der Waals surface area contributed by atoms with E-state index in [2.05, 4.69) is 10.6 Å². The van der Waals surface area contributed by atoms with Crippen LogP contribution in [0.25, 0.3) is 0 Å². The van der Waals surface area contributed by atoms with Gasteiger partial charge in [-0.2, -0.15) is 0 Å². The van der Waals surface area contributed by atoms with Gasteiger partial charge in [-0.3, -0.25) is 14.4 Å². The smallest absolute Gasteiger partial charge is 0.242 e. The van der Waals surface area contributed by atoms with E-state index in [9.17, 15) is 14.4 Å². The zero-order valence-electron chi connectivity index (χ0n) is 16.1. The van der Waals surface area contributed by atoms with Gasteiger partial charge in [0.15, 0.2) is 0 Å². The molecule has 148 valence electrons. The Bertz CT molecular complexity index is 635. The largest absolute Gasteiger partial charge is 0.493 e. The Morgan fingerprint density at radius 2 is 2.00 bits per heavy atom. The Kier molecular flexibility index (Phi) is 8.10. The highest BCUT2D eigenvalue weighted by molar-refractivity contribution is 5.88. The van der Waals surface area contributed by atoms with Crippen molar-refractivity contribution in [2.24, 2.45) is 5.92 Å². The van der Waals surface area contributed by atoms with Crippen LogP contribution in [0.15, 0.2) is 30.3 Å². The molecule has 7 heteroatoms. The van der Waals surface area contributed by atoms with Gasteiger partial charge in [-0.1, -0.05) is 18.2 Å². The summed E-state index contributed by atoms with van der Waals surface area (Å²) in [5.41, 5.74) is 0. The highest BCUT2D eigenvalue weighted by Crippen LogP contribution is 2.18. The van der Waals surface area contributed by atoms with Crippen LogP contribution in [0, 0.1) is 5.92 Å². The fourth-order valence-corrected chi connectivity index (χ4v) is 3.07. The van der Waals surface area contributed by atoms with Crippen LogP contribution in [0.2, 0.25) is 0 Å². The van der Waals surface area contributed by atoms with E-state index in [0.29, 0.717) is 26.2 Å². The number of hydrogen-bond acceptors (Lipinski definition) is 4. The van der Waals surface area contributed by atoms with Gasteiger partial charge in [0.05, 0.1) is 18.9 Å². The van der Waals surface area contributed by atoms with Crippen molar-refractivity contribution < 1.29 is 19.1 Å². The molecule has 0 aromatic heterocycles. The molecule has 27 heavy (non-hydrogen) atoms. The van der Waals surface area contributed by atoms with E-state index in [1.807, 2.05) is 37.3 Å². The van der Waals surface area contributed by atoms with Gasteiger partial charge >= 0.3 is 0 Å². The SMILES string of the molecule is CCNC(=O)C(C)NC(=O)C1CCCN(C(=O)CCOc2ccccc2)C1. The molecule has 1 saturated heterocycles. The van der Waals surface area contributed by atoms with Crippen LogP contribution in [-0.4, -0.2) is 54.9 Å². The van der Waals surface area contributed by atoms with E-state index in [-0.39, 0.29) is 30.1 Å². The molecule has 0 saturated carbocycles. The first-order valence-electron chi connectivity index (χ1n) is 9.55. The minimum atomic E-state index is -0.581. The number of amides is 3. The maximum absolute atomic E-state index is 12.4. The Hall–Kier alpha value is -2.57. The third-order valence-corrected chi connectivity index (χ3v) is 4.58. The Morgan fingerprint density at radius 1 is 1.26 bits per heavy atom. The highest BCUT2D eigenvalue weighted by atomic mass is 16.5. The van der Waals surface area contributed by atoms with Crippen molar-refractivity contribution in [1.82, 2.24) is 15.5 Å². The zero-order chi connectivity index (χ0) is 19.6. The Morgan fingerprint density at radius 3 is 2.70 bits per heavy atom. The molecule has 2 atom stereocenters. The number of carbonyl (C=O) groups excluding carboxylic acids is 3. The van der Waals surface area contributed by atoms with Gasteiger partial charge in [0, 0.05) is 19.6 Å². The maximum atomic E-state index is 12.4. The van der Waals surface area contributed by atoms with E-state index in [4.69, 9.17) is 4.74 Å². The molecule has 1 aromatic carbocycles. The van der Waals surface area contributed by atoms with Crippen LogP contribution in [0.4, 0.5) is 0 Å². The van der Waals surface area contributed by atoms with Gasteiger partial charge in [-0.25, -0.2) is 0 Å². The van der Waals surface area contributed by atoms with Crippen LogP contribution < -0.4 is 15.4 Å². The van der Waals surface area contributed by atoms with Crippen molar-refractivity contribution in [2.45, 2.75) is 39.2 Å². The second-order valence-electron chi connectivity index (χ2n) is 6.72. The van der Waals surface area contributed by atoms with Crippen LogP contribution in [-0.2, 0) is 14.4 Å². The van der Waals surface area contributed by atoms with Gasteiger partial charge in [-0.15, -0.1) is 0 Å². The van der Waals surface area contributed by atoms with Crippen molar-refractivity contribution in [3.63, 3.8) is 0 Å². The predicted octanol–water partition coefficient (Wildman–Crippen LogP) is 1.33. The summed E-state index contributed by atoms with van der Waals surface area (Å²) in [4.78, 5) is 38.3. The van der Waals surface area contributed by atoms with Crippen LogP contribution in [0.1, 0.15) is 33.1 Å². The second kappa shape index (κ2) is 10.5. The summed E-state index contributed by atoms with van der Waals surface area (Å²) in [6.45, 7) is 5.37. The highest BCUT2D eigenvalue weighted by Gasteiger charge is 2.29. The summed E-state index contributed by atoms with van der Waals surface area (Å²) >= 11 is 0. The predicted molar refractivity (Wildman–Crippen MR) is 102 cm³/mol. The lowest BCUT2D eigenvalue weighted by Gasteiger charge is -2.32. The molecule has 0 bridgehead atoms. The van der Waals surface area contributed by atoms with Crippen molar-refractivity contribution in [3.8, 4) is 5.75 Å². The van der Waals surface area contributed by atoms with Crippen LogP contribution in [0.3, 0.4) is 0 Å². The van der Waals surface area contributed by atoms with Crippen molar-refractivity contribution in [2.75, 3.05) is 26.2 Å². The molecule has 3 amide bonds. The average molecular weight is 375 g/mol. The third-order valence-electron chi connectivity index (χ3n) is 4.58. The van der Waals surface area contributed by atoms with Gasteiger partial charge in [0.2, 0.25) is 17.7 Å². The first-order valence-corrected chi connectivity index (χ1v) is 9.55. The summed E-state index contributed by atoms with van der Waals surface area (Å²) in [7, 11) is 0. The van der Waals surface area contributed by atoms with E-state index in [1.54, 1.807) is 11.8 Å². The summed E-state index contributed by atoms with van der Waals surface area (Å²) in [5, 5.41) is 5.43. The first-order chi connectivity index (χ1) is 13.0. The standard InChI is InChI=1S/C20H29N3O4/c1-3-21-19(25)15(2)22-20(26)16-8-7-12-23(14-16)18(24)11-13-27-17-9-5-4-6-10-17/h4-6,9-10,15-16H,3,7-8,11-14H2,1-2H3,(H,21,25)(H,22,26). The molecule has 1 fully saturated rings. The topological polar surface area (TPSA) is 87.7 Å². The molecule has 2 rings (SSSR count). The number of likely N-dealkylation sites (N-methyl/N-ethyl adjacent to an activating group) is 1. The van der Waals surface area contributed by atoms with Crippen LogP contribution in [0.5, 0.6) is 5.75 Å². The van der Waals surface area contributed by atoms with Gasteiger partial charge < -0.3 is 20.3 Å². The summed E-state index contributed by atoms with van der Waals surface area (Å²) in [6.07, 6.45) is 1.77. The molecule has 7 nitrogen and oxygen atoms in total. The molecule has 0 spiro atoms. The van der Waals surface area contributed by atoms with Crippen molar-refractivity contribution in [1.29, 1.82) is 0 Å². The molecule has 0 radical (unpaired) electrons. The molecule has 0 aliphatic carbocycles. The lowest BCUT2D eigenvalue weighted by Crippen LogP contribution is -2.50. The molecule has 2 N–H and O–H groups in total. The normalized spacial score (nSPS) is 17.7. The van der Waals surface area contributed by atoms with Gasteiger partial charge in [0.25, 0.3) is 0 Å². The fraction of sp³-hybridized carbons (Fsp3) is 0.550.